The van der Waals surface area contributed by atoms with Gasteiger partial charge in [-0.05, 0) is 56.2 Å². The summed E-state index contributed by atoms with van der Waals surface area (Å²) < 4.78 is 5.40. The second-order valence-electron chi connectivity index (χ2n) is 8.36. The third kappa shape index (κ3) is 2.77. The molecule has 2 atom stereocenters. The Balaban J connectivity index is 1.43. The molecule has 6 heteroatoms. The third-order valence-corrected chi connectivity index (χ3v) is 7.85. The zero-order valence-electron chi connectivity index (χ0n) is 16.2. The number of pyridine rings is 1. The molecule has 0 aromatic carbocycles. The number of rotatable bonds is 3. The minimum Gasteiger partial charge on any atom is -0.481 e. The van der Waals surface area contributed by atoms with Crippen LogP contribution >= 0.6 is 11.3 Å². The number of carbonyl (C=O) groups is 1. The average Bonchev–Trinajstić information content (AvgIpc) is 3.27. The number of thiophene rings is 1. The van der Waals surface area contributed by atoms with Gasteiger partial charge in [-0.25, -0.2) is 4.98 Å². The SMILES string of the molecule is COc1ncccc1C1(O)C[C@@H]2CC[C@@H](C1)N2C(=O)c1csc2c1CCCC2. The van der Waals surface area contributed by atoms with E-state index in [1.54, 1.807) is 24.6 Å². The summed E-state index contributed by atoms with van der Waals surface area (Å²) in [6, 6.07) is 3.88. The quantitative estimate of drug-likeness (QED) is 0.857. The van der Waals surface area contributed by atoms with Crippen LogP contribution in [0, 0.1) is 0 Å². The van der Waals surface area contributed by atoms with Crippen molar-refractivity contribution in [2.45, 2.75) is 69.1 Å². The van der Waals surface area contributed by atoms with Gasteiger partial charge in [0.2, 0.25) is 5.88 Å². The lowest BCUT2D eigenvalue weighted by Gasteiger charge is -2.44. The van der Waals surface area contributed by atoms with Gasteiger partial charge in [-0.3, -0.25) is 4.79 Å². The minimum atomic E-state index is -0.990. The lowest BCUT2D eigenvalue weighted by molar-refractivity contribution is -0.0494. The van der Waals surface area contributed by atoms with Crippen molar-refractivity contribution in [3.05, 3.63) is 45.3 Å². The van der Waals surface area contributed by atoms with Gasteiger partial charge in [0.25, 0.3) is 5.91 Å². The predicted octanol–water partition coefficient (Wildman–Crippen LogP) is 3.69. The number of aryl methyl sites for hydroxylation is 1. The molecule has 1 N–H and O–H groups in total. The Bertz CT molecular complexity index is 895. The topological polar surface area (TPSA) is 62.7 Å². The molecular weight excluding hydrogens is 372 g/mol. The van der Waals surface area contributed by atoms with Crippen molar-refractivity contribution in [1.29, 1.82) is 0 Å². The molecule has 2 fully saturated rings. The number of aromatic nitrogens is 1. The maximum absolute atomic E-state index is 13.5. The fourth-order valence-corrected chi connectivity index (χ4v) is 6.62. The van der Waals surface area contributed by atoms with Gasteiger partial charge in [0, 0.05) is 46.9 Å². The van der Waals surface area contributed by atoms with Gasteiger partial charge in [-0.15, -0.1) is 11.3 Å². The van der Waals surface area contributed by atoms with Crippen molar-refractivity contribution >= 4 is 17.2 Å². The van der Waals surface area contributed by atoms with Crippen LogP contribution in [0.1, 0.15) is 64.9 Å². The summed E-state index contributed by atoms with van der Waals surface area (Å²) in [6.07, 6.45) is 9.22. The van der Waals surface area contributed by atoms with Crippen molar-refractivity contribution in [3.63, 3.8) is 0 Å². The van der Waals surface area contributed by atoms with Gasteiger partial charge in [0.1, 0.15) is 0 Å². The summed E-state index contributed by atoms with van der Waals surface area (Å²) in [6.45, 7) is 0. The van der Waals surface area contributed by atoms with Crippen molar-refractivity contribution in [3.8, 4) is 5.88 Å². The molecule has 1 amide bonds. The zero-order chi connectivity index (χ0) is 19.3. The Morgan fingerprint density at radius 1 is 1.29 bits per heavy atom. The number of carbonyl (C=O) groups excluding carboxylic acids is 1. The molecule has 148 valence electrons. The van der Waals surface area contributed by atoms with Crippen molar-refractivity contribution in [2.24, 2.45) is 0 Å². The van der Waals surface area contributed by atoms with Gasteiger partial charge < -0.3 is 14.7 Å². The number of hydrogen-bond acceptors (Lipinski definition) is 5. The maximum Gasteiger partial charge on any atom is 0.255 e. The van der Waals surface area contributed by atoms with E-state index < -0.39 is 5.60 Å². The lowest BCUT2D eigenvalue weighted by atomic mass is 9.80. The molecule has 5 nitrogen and oxygen atoms in total. The van der Waals surface area contributed by atoms with E-state index in [4.69, 9.17) is 4.74 Å². The van der Waals surface area contributed by atoms with Crippen LogP contribution in [0.25, 0.3) is 0 Å². The summed E-state index contributed by atoms with van der Waals surface area (Å²) in [5.41, 5.74) is 1.96. The van der Waals surface area contributed by atoms with Crippen LogP contribution in [0.2, 0.25) is 0 Å². The van der Waals surface area contributed by atoms with Crippen molar-refractivity contribution in [2.75, 3.05) is 7.11 Å². The highest BCUT2D eigenvalue weighted by Gasteiger charge is 2.51. The number of hydrogen-bond donors (Lipinski definition) is 1. The molecule has 2 saturated heterocycles. The predicted molar refractivity (Wildman–Crippen MR) is 108 cm³/mol. The van der Waals surface area contributed by atoms with E-state index in [1.807, 2.05) is 12.1 Å². The van der Waals surface area contributed by atoms with Crippen LogP contribution in [-0.2, 0) is 18.4 Å². The van der Waals surface area contributed by atoms with Gasteiger partial charge in [0.05, 0.1) is 18.3 Å². The molecule has 4 heterocycles. The van der Waals surface area contributed by atoms with Crippen LogP contribution < -0.4 is 4.74 Å². The minimum absolute atomic E-state index is 0.0697. The van der Waals surface area contributed by atoms with Crippen LogP contribution in [0.5, 0.6) is 5.88 Å². The fraction of sp³-hybridized carbons (Fsp3) is 0.545. The van der Waals surface area contributed by atoms with Gasteiger partial charge in [-0.1, -0.05) is 0 Å². The summed E-state index contributed by atoms with van der Waals surface area (Å²) in [5, 5.41) is 13.6. The molecule has 0 saturated carbocycles. The average molecular weight is 399 g/mol. The second kappa shape index (κ2) is 6.85. The highest BCUT2D eigenvalue weighted by molar-refractivity contribution is 7.10. The number of nitrogens with zero attached hydrogens (tertiary/aromatic N) is 2. The number of piperidine rings is 1. The van der Waals surface area contributed by atoms with E-state index in [-0.39, 0.29) is 18.0 Å². The molecule has 3 aliphatic rings. The third-order valence-electron chi connectivity index (χ3n) is 6.76. The number of fused-ring (bicyclic) bond motifs is 3. The number of amides is 1. The summed E-state index contributed by atoms with van der Waals surface area (Å²) >= 11 is 1.75. The van der Waals surface area contributed by atoms with E-state index in [0.717, 1.165) is 36.8 Å². The Hall–Kier alpha value is -1.92. The Morgan fingerprint density at radius 3 is 2.79 bits per heavy atom. The van der Waals surface area contributed by atoms with Gasteiger partial charge >= 0.3 is 0 Å². The Morgan fingerprint density at radius 2 is 2.04 bits per heavy atom. The molecule has 0 unspecified atom stereocenters. The van der Waals surface area contributed by atoms with Crippen LogP contribution in [0.15, 0.2) is 23.7 Å². The highest BCUT2D eigenvalue weighted by atomic mass is 32.1. The molecule has 28 heavy (non-hydrogen) atoms. The Labute approximate surface area is 169 Å². The van der Waals surface area contributed by atoms with Crippen LogP contribution in [0.3, 0.4) is 0 Å². The first kappa shape index (κ1) is 18.1. The van der Waals surface area contributed by atoms with Gasteiger partial charge in [-0.2, -0.15) is 0 Å². The summed E-state index contributed by atoms with van der Waals surface area (Å²) in [7, 11) is 1.59. The first-order chi connectivity index (χ1) is 13.6. The van der Waals surface area contributed by atoms with Crippen LogP contribution in [-0.4, -0.2) is 40.1 Å². The molecule has 1 aliphatic carbocycles. The molecule has 5 rings (SSSR count). The first-order valence-corrected chi connectivity index (χ1v) is 11.1. The molecule has 0 radical (unpaired) electrons. The van der Waals surface area contributed by atoms with Crippen molar-refractivity contribution < 1.29 is 14.6 Å². The molecule has 2 aromatic heterocycles. The molecule has 2 aliphatic heterocycles. The zero-order valence-corrected chi connectivity index (χ0v) is 17.0. The lowest BCUT2D eigenvalue weighted by Crippen LogP contribution is -2.52. The van der Waals surface area contributed by atoms with Crippen LogP contribution in [0.4, 0.5) is 0 Å². The van der Waals surface area contributed by atoms with E-state index in [9.17, 15) is 9.90 Å². The van der Waals surface area contributed by atoms with Gasteiger partial charge in [0.15, 0.2) is 0 Å². The molecule has 0 spiro atoms. The Kier molecular flexibility index (Phi) is 4.43. The van der Waals surface area contributed by atoms with Crippen molar-refractivity contribution in [1.82, 2.24) is 9.88 Å². The number of aliphatic hydroxyl groups is 1. The molecular formula is C22H26N2O3S. The summed E-state index contributed by atoms with van der Waals surface area (Å²) in [5.74, 6) is 0.656. The highest BCUT2D eigenvalue weighted by Crippen LogP contribution is 2.48. The number of methoxy groups -OCH3 is 1. The summed E-state index contributed by atoms with van der Waals surface area (Å²) in [4.78, 5) is 21.2. The van der Waals surface area contributed by atoms with E-state index >= 15 is 0 Å². The van der Waals surface area contributed by atoms with E-state index in [0.29, 0.717) is 18.7 Å². The smallest absolute Gasteiger partial charge is 0.255 e. The standard InChI is InChI=1S/C22H26N2O3S/c1-27-20-18(6-4-10-23-20)22(26)11-14-8-9-15(12-22)24(14)21(25)17-13-28-19-7-3-2-5-16(17)19/h4,6,10,13-15,26H,2-3,5,7-9,11-12H2,1H3/t14-,15-/m0/s1. The normalized spacial score (nSPS) is 28.9. The molecule has 2 bridgehead atoms. The fourth-order valence-electron chi connectivity index (χ4n) is 5.50. The molecule has 2 aromatic rings. The largest absolute Gasteiger partial charge is 0.481 e. The first-order valence-electron chi connectivity index (χ1n) is 10.2. The maximum atomic E-state index is 13.5. The van der Waals surface area contributed by atoms with E-state index in [1.165, 1.54) is 23.3 Å². The number of ether oxygens (including phenoxy) is 1. The van der Waals surface area contributed by atoms with E-state index in [2.05, 4.69) is 15.3 Å². The monoisotopic (exact) mass is 398 g/mol. The second-order valence-corrected chi connectivity index (χ2v) is 9.32.